The summed E-state index contributed by atoms with van der Waals surface area (Å²) >= 11 is 0. The minimum absolute atomic E-state index is 0.178. The maximum Gasteiger partial charge on any atom is 0.0942 e. The van der Waals surface area contributed by atoms with Crippen molar-refractivity contribution in [3.63, 3.8) is 0 Å². The van der Waals surface area contributed by atoms with E-state index in [0.29, 0.717) is 12.3 Å². The summed E-state index contributed by atoms with van der Waals surface area (Å²) in [5.74, 6) is 6.11. The van der Waals surface area contributed by atoms with Gasteiger partial charge in [-0.15, -0.1) is 12.8 Å². The maximum absolute atomic E-state index is 8.88. The lowest BCUT2D eigenvalue weighted by Crippen LogP contribution is -2.29. The number of hydrogen-bond donors (Lipinski definition) is 1. The number of hydrogen-bond acceptors (Lipinski definition) is 1. The molecule has 0 bridgehead atoms. The van der Waals surface area contributed by atoms with Gasteiger partial charge in [0.2, 0.25) is 0 Å². The Morgan fingerprint density at radius 2 is 1.73 bits per heavy atom. The van der Waals surface area contributed by atoms with E-state index in [0.717, 1.165) is 19.3 Å². The third-order valence-corrected chi connectivity index (χ3v) is 3.55. The zero-order valence-electron chi connectivity index (χ0n) is 9.34. The second kappa shape index (κ2) is 5.84. The molecular weight excluding hydrogens is 184 g/mol. The molecule has 1 fully saturated rings. The lowest BCUT2D eigenvalue weighted by molar-refractivity contribution is 0.201. The molecule has 1 heteroatoms. The molecule has 0 aromatic heterocycles. The Hall–Kier alpha value is -0.920. The average Bonchev–Trinajstić information content (AvgIpc) is 2.33. The van der Waals surface area contributed by atoms with E-state index < -0.39 is 5.41 Å². The number of aliphatic hydroxyl groups is 1. The van der Waals surface area contributed by atoms with Crippen LogP contribution < -0.4 is 0 Å². The van der Waals surface area contributed by atoms with E-state index in [1.165, 1.54) is 19.3 Å². The molecule has 0 atom stereocenters. The highest BCUT2D eigenvalue weighted by atomic mass is 16.2. The first-order valence-corrected chi connectivity index (χ1v) is 5.85. The van der Waals surface area contributed by atoms with Crippen molar-refractivity contribution in [1.82, 2.24) is 0 Å². The SMILES string of the molecule is C#CC(C#C)(CCCO)C1CCCCC1. The molecule has 0 radical (unpaired) electrons. The summed E-state index contributed by atoms with van der Waals surface area (Å²) in [5.41, 5.74) is -0.400. The predicted molar refractivity (Wildman–Crippen MR) is 63.0 cm³/mol. The van der Waals surface area contributed by atoms with Gasteiger partial charge in [0.15, 0.2) is 0 Å². The van der Waals surface area contributed by atoms with Gasteiger partial charge in [0, 0.05) is 6.61 Å². The summed E-state index contributed by atoms with van der Waals surface area (Å²) < 4.78 is 0. The van der Waals surface area contributed by atoms with Crippen LogP contribution in [-0.4, -0.2) is 11.7 Å². The highest BCUT2D eigenvalue weighted by Gasteiger charge is 2.35. The van der Waals surface area contributed by atoms with E-state index in [1.807, 2.05) is 0 Å². The Balaban J connectivity index is 2.71. The van der Waals surface area contributed by atoms with E-state index in [4.69, 9.17) is 18.0 Å². The molecular formula is C14H20O. The quantitative estimate of drug-likeness (QED) is 0.698. The molecule has 0 aromatic carbocycles. The molecule has 1 aliphatic carbocycles. The van der Waals surface area contributed by atoms with E-state index in [2.05, 4.69) is 11.8 Å². The zero-order valence-corrected chi connectivity index (χ0v) is 9.34. The van der Waals surface area contributed by atoms with Crippen LogP contribution in [0.2, 0.25) is 0 Å². The summed E-state index contributed by atoms with van der Waals surface area (Å²) in [6.07, 6.45) is 18.8. The lowest BCUT2D eigenvalue weighted by atomic mass is 9.67. The van der Waals surface area contributed by atoms with Crippen molar-refractivity contribution in [2.45, 2.75) is 44.9 Å². The lowest BCUT2D eigenvalue weighted by Gasteiger charge is -2.35. The highest BCUT2D eigenvalue weighted by molar-refractivity contribution is 5.23. The van der Waals surface area contributed by atoms with Crippen molar-refractivity contribution in [2.75, 3.05) is 6.61 Å². The molecule has 1 nitrogen and oxygen atoms in total. The van der Waals surface area contributed by atoms with Gasteiger partial charge in [-0.05, 0) is 31.6 Å². The molecule has 0 aromatic rings. The zero-order chi connectivity index (χ0) is 11.1. The predicted octanol–water partition coefficient (Wildman–Crippen LogP) is 2.59. The van der Waals surface area contributed by atoms with Gasteiger partial charge in [-0.1, -0.05) is 31.1 Å². The van der Waals surface area contributed by atoms with E-state index in [1.54, 1.807) is 0 Å². The van der Waals surface area contributed by atoms with E-state index >= 15 is 0 Å². The van der Waals surface area contributed by atoms with Crippen LogP contribution in [0.3, 0.4) is 0 Å². The van der Waals surface area contributed by atoms with Crippen molar-refractivity contribution < 1.29 is 5.11 Å². The number of rotatable bonds is 4. The first kappa shape index (κ1) is 12.2. The summed E-state index contributed by atoms with van der Waals surface area (Å²) in [5, 5.41) is 8.88. The fraction of sp³-hybridized carbons (Fsp3) is 0.714. The highest BCUT2D eigenvalue weighted by Crippen LogP contribution is 2.41. The minimum atomic E-state index is -0.400. The molecule has 0 spiro atoms. The molecule has 1 N–H and O–H groups in total. The van der Waals surface area contributed by atoms with Crippen molar-refractivity contribution in [2.24, 2.45) is 11.3 Å². The van der Waals surface area contributed by atoms with Crippen LogP contribution in [0.5, 0.6) is 0 Å². The summed E-state index contributed by atoms with van der Waals surface area (Å²) in [7, 11) is 0. The normalized spacial score (nSPS) is 18.1. The van der Waals surface area contributed by atoms with Crippen molar-refractivity contribution in [3.8, 4) is 24.7 Å². The smallest absolute Gasteiger partial charge is 0.0942 e. The van der Waals surface area contributed by atoms with Crippen molar-refractivity contribution in [1.29, 1.82) is 0 Å². The standard InChI is InChI=1S/C14H20O/c1-3-14(4-2,11-8-12-15)13-9-6-5-7-10-13/h1-2,13,15H,5-12H2. The van der Waals surface area contributed by atoms with Gasteiger partial charge in [-0.3, -0.25) is 0 Å². The van der Waals surface area contributed by atoms with Crippen molar-refractivity contribution in [3.05, 3.63) is 0 Å². The van der Waals surface area contributed by atoms with Gasteiger partial charge in [0.25, 0.3) is 0 Å². The molecule has 0 amide bonds. The molecule has 1 saturated carbocycles. The molecule has 0 aliphatic heterocycles. The van der Waals surface area contributed by atoms with E-state index in [-0.39, 0.29) is 6.61 Å². The second-order valence-electron chi connectivity index (χ2n) is 4.42. The maximum atomic E-state index is 8.88. The van der Waals surface area contributed by atoms with Gasteiger partial charge in [-0.2, -0.15) is 0 Å². The first-order chi connectivity index (χ1) is 7.29. The Morgan fingerprint density at radius 3 is 2.20 bits per heavy atom. The van der Waals surface area contributed by atoms with Crippen LogP contribution in [0, 0.1) is 36.0 Å². The molecule has 0 unspecified atom stereocenters. The molecule has 1 aliphatic rings. The van der Waals surface area contributed by atoms with Gasteiger partial charge in [-0.25, -0.2) is 0 Å². The van der Waals surface area contributed by atoms with Crippen LogP contribution in [0.25, 0.3) is 0 Å². The molecule has 0 saturated heterocycles. The Labute approximate surface area is 93.3 Å². The average molecular weight is 204 g/mol. The van der Waals surface area contributed by atoms with E-state index in [9.17, 15) is 0 Å². The molecule has 0 heterocycles. The van der Waals surface area contributed by atoms with Crippen LogP contribution in [-0.2, 0) is 0 Å². The van der Waals surface area contributed by atoms with Crippen LogP contribution in [0.15, 0.2) is 0 Å². The first-order valence-electron chi connectivity index (χ1n) is 5.85. The molecule has 15 heavy (non-hydrogen) atoms. The fourth-order valence-electron chi connectivity index (χ4n) is 2.58. The topological polar surface area (TPSA) is 20.2 Å². The van der Waals surface area contributed by atoms with Gasteiger partial charge in [0.05, 0.1) is 5.41 Å². The van der Waals surface area contributed by atoms with Crippen LogP contribution in [0.4, 0.5) is 0 Å². The summed E-state index contributed by atoms with van der Waals surface area (Å²) in [4.78, 5) is 0. The monoisotopic (exact) mass is 204 g/mol. The molecule has 1 rings (SSSR count). The largest absolute Gasteiger partial charge is 0.396 e. The Bertz CT molecular complexity index is 246. The van der Waals surface area contributed by atoms with Gasteiger partial charge >= 0.3 is 0 Å². The number of terminal acetylenes is 2. The van der Waals surface area contributed by atoms with Crippen LogP contribution in [0.1, 0.15) is 44.9 Å². The molecule has 82 valence electrons. The summed E-state index contributed by atoms with van der Waals surface area (Å²) in [6, 6.07) is 0. The Morgan fingerprint density at radius 1 is 1.13 bits per heavy atom. The van der Waals surface area contributed by atoms with Gasteiger partial charge in [0.1, 0.15) is 0 Å². The second-order valence-corrected chi connectivity index (χ2v) is 4.42. The third-order valence-electron chi connectivity index (χ3n) is 3.55. The van der Waals surface area contributed by atoms with Crippen molar-refractivity contribution >= 4 is 0 Å². The fourth-order valence-corrected chi connectivity index (χ4v) is 2.58. The van der Waals surface area contributed by atoms with Crippen LogP contribution >= 0.6 is 0 Å². The van der Waals surface area contributed by atoms with Gasteiger partial charge < -0.3 is 5.11 Å². The third kappa shape index (κ3) is 2.77. The Kier molecular flexibility index (Phi) is 4.73. The summed E-state index contributed by atoms with van der Waals surface area (Å²) in [6.45, 7) is 0.178. The minimum Gasteiger partial charge on any atom is -0.396 e. The number of aliphatic hydroxyl groups excluding tert-OH is 1.